The minimum Gasteiger partial charge on any atom is -0.490 e. The normalized spacial score (nSPS) is 13.4. The van der Waals surface area contributed by atoms with E-state index in [1.165, 1.54) is 5.56 Å². The Kier molecular flexibility index (Phi) is 4.39. The fraction of sp³-hybridized carbons (Fsp3) is 0.278. The smallest absolute Gasteiger partial charge is 0.227 e. The van der Waals surface area contributed by atoms with E-state index in [9.17, 15) is 4.79 Å². The van der Waals surface area contributed by atoms with Gasteiger partial charge in [0.15, 0.2) is 0 Å². The number of carbonyl (C=O) groups excluding carboxylic acids is 1. The molecule has 3 rings (SSSR count). The van der Waals surface area contributed by atoms with Crippen molar-refractivity contribution in [2.75, 3.05) is 18.1 Å². The second-order valence-corrected chi connectivity index (χ2v) is 5.39. The van der Waals surface area contributed by atoms with Crippen LogP contribution in [0, 0.1) is 0 Å². The summed E-state index contributed by atoms with van der Waals surface area (Å²) in [7, 11) is 0. The van der Waals surface area contributed by atoms with Crippen LogP contribution in [-0.4, -0.2) is 19.1 Å². The standard InChI is InChI=1S/C18H20N2O2/c19-13-15-6-8-16-17(12-15)22-11-10-20(16)18(21)9-7-14-4-2-1-3-5-14/h1-6,8,12H,7,9-11,13,19H2. The molecule has 4 heteroatoms. The van der Waals surface area contributed by atoms with E-state index in [4.69, 9.17) is 10.5 Å². The molecule has 0 saturated heterocycles. The molecule has 0 unspecified atom stereocenters. The molecule has 0 aromatic heterocycles. The van der Waals surface area contributed by atoms with Crippen molar-refractivity contribution in [3.63, 3.8) is 0 Å². The Hall–Kier alpha value is -2.33. The summed E-state index contributed by atoms with van der Waals surface area (Å²) in [6.07, 6.45) is 1.26. The topological polar surface area (TPSA) is 55.6 Å². The number of aryl methyl sites for hydroxylation is 1. The third-order valence-electron chi connectivity index (χ3n) is 3.89. The summed E-state index contributed by atoms with van der Waals surface area (Å²) < 4.78 is 5.66. The Morgan fingerprint density at radius 3 is 2.73 bits per heavy atom. The Morgan fingerprint density at radius 2 is 1.95 bits per heavy atom. The molecule has 0 radical (unpaired) electrons. The number of anilines is 1. The van der Waals surface area contributed by atoms with Crippen LogP contribution in [0.5, 0.6) is 5.75 Å². The van der Waals surface area contributed by atoms with Crippen LogP contribution in [-0.2, 0) is 17.8 Å². The lowest BCUT2D eigenvalue weighted by atomic mass is 10.1. The number of nitrogens with two attached hydrogens (primary N) is 1. The van der Waals surface area contributed by atoms with Crippen molar-refractivity contribution < 1.29 is 9.53 Å². The van der Waals surface area contributed by atoms with Crippen LogP contribution in [0.4, 0.5) is 5.69 Å². The van der Waals surface area contributed by atoms with E-state index < -0.39 is 0 Å². The first-order valence-corrected chi connectivity index (χ1v) is 7.58. The first-order chi connectivity index (χ1) is 10.8. The van der Waals surface area contributed by atoms with Crippen molar-refractivity contribution in [3.05, 3.63) is 59.7 Å². The van der Waals surface area contributed by atoms with Crippen molar-refractivity contribution in [1.29, 1.82) is 0 Å². The summed E-state index contributed by atoms with van der Waals surface area (Å²) >= 11 is 0. The lowest BCUT2D eigenvalue weighted by Crippen LogP contribution is -2.38. The number of ether oxygens (including phenoxy) is 1. The highest BCUT2D eigenvalue weighted by Crippen LogP contribution is 2.32. The number of rotatable bonds is 4. The maximum Gasteiger partial charge on any atom is 0.227 e. The largest absolute Gasteiger partial charge is 0.490 e. The van der Waals surface area contributed by atoms with Gasteiger partial charge < -0.3 is 15.4 Å². The van der Waals surface area contributed by atoms with E-state index >= 15 is 0 Å². The van der Waals surface area contributed by atoms with Crippen LogP contribution < -0.4 is 15.4 Å². The Labute approximate surface area is 130 Å². The Balaban J connectivity index is 1.72. The van der Waals surface area contributed by atoms with Crippen molar-refractivity contribution in [1.82, 2.24) is 0 Å². The predicted molar refractivity (Wildman–Crippen MR) is 86.9 cm³/mol. The van der Waals surface area contributed by atoms with Crippen molar-refractivity contribution in [2.45, 2.75) is 19.4 Å². The van der Waals surface area contributed by atoms with Crippen LogP contribution in [0.15, 0.2) is 48.5 Å². The maximum atomic E-state index is 12.5. The van der Waals surface area contributed by atoms with Crippen LogP contribution in [0.2, 0.25) is 0 Å². The van der Waals surface area contributed by atoms with E-state index in [-0.39, 0.29) is 5.91 Å². The molecule has 4 nitrogen and oxygen atoms in total. The van der Waals surface area contributed by atoms with Gasteiger partial charge in [-0.15, -0.1) is 0 Å². The van der Waals surface area contributed by atoms with Gasteiger partial charge in [0.1, 0.15) is 12.4 Å². The lowest BCUT2D eigenvalue weighted by molar-refractivity contribution is -0.118. The number of carbonyl (C=O) groups is 1. The average molecular weight is 296 g/mol. The fourth-order valence-corrected chi connectivity index (χ4v) is 2.68. The zero-order valence-corrected chi connectivity index (χ0v) is 12.5. The number of benzene rings is 2. The van der Waals surface area contributed by atoms with Crippen LogP contribution in [0.1, 0.15) is 17.5 Å². The molecule has 0 spiro atoms. The molecule has 0 fully saturated rings. The second-order valence-electron chi connectivity index (χ2n) is 5.39. The number of amides is 1. The van der Waals surface area contributed by atoms with Gasteiger partial charge in [-0.3, -0.25) is 4.79 Å². The van der Waals surface area contributed by atoms with E-state index in [1.807, 2.05) is 53.4 Å². The van der Waals surface area contributed by atoms with Crippen LogP contribution in [0.25, 0.3) is 0 Å². The van der Waals surface area contributed by atoms with Crippen molar-refractivity contribution in [2.24, 2.45) is 5.73 Å². The van der Waals surface area contributed by atoms with Gasteiger partial charge in [-0.05, 0) is 29.7 Å². The van der Waals surface area contributed by atoms with Gasteiger partial charge >= 0.3 is 0 Å². The summed E-state index contributed by atoms with van der Waals surface area (Å²) in [6.45, 7) is 1.60. The minimum absolute atomic E-state index is 0.133. The summed E-state index contributed by atoms with van der Waals surface area (Å²) in [6, 6.07) is 15.9. The van der Waals surface area contributed by atoms with Crippen molar-refractivity contribution >= 4 is 11.6 Å². The van der Waals surface area contributed by atoms with E-state index in [0.29, 0.717) is 26.1 Å². The molecule has 1 aliphatic heterocycles. The van der Waals surface area contributed by atoms with Gasteiger partial charge in [-0.1, -0.05) is 36.4 Å². The number of hydrogen-bond donors (Lipinski definition) is 1. The number of nitrogens with zero attached hydrogens (tertiary/aromatic N) is 1. The third-order valence-corrected chi connectivity index (χ3v) is 3.89. The van der Waals surface area contributed by atoms with Gasteiger partial charge in [0.25, 0.3) is 0 Å². The molecule has 1 heterocycles. The van der Waals surface area contributed by atoms with Gasteiger partial charge in [0.2, 0.25) is 5.91 Å². The van der Waals surface area contributed by atoms with Gasteiger partial charge in [-0.2, -0.15) is 0 Å². The van der Waals surface area contributed by atoms with Gasteiger partial charge in [0.05, 0.1) is 12.2 Å². The predicted octanol–water partition coefficient (Wildman–Crippen LogP) is 2.50. The molecular weight excluding hydrogens is 276 g/mol. The first kappa shape index (κ1) is 14.6. The number of hydrogen-bond acceptors (Lipinski definition) is 3. The molecule has 1 aliphatic rings. The third kappa shape index (κ3) is 3.12. The van der Waals surface area contributed by atoms with Crippen LogP contribution in [0.3, 0.4) is 0 Å². The molecule has 0 aliphatic carbocycles. The molecule has 0 bridgehead atoms. The molecule has 0 atom stereocenters. The summed E-state index contributed by atoms with van der Waals surface area (Å²) in [5.41, 5.74) is 8.70. The first-order valence-electron chi connectivity index (χ1n) is 7.58. The van der Waals surface area contributed by atoms with Gasteiger partial charge in [-0.25, -0.2) is 0 Å². The highest BCUT2D eigenvalue weighted by Gasteiger charge is 2.23. The zero-order valence-electron chi connectivity index (χ0n) is 12.5. The number of fused-ring (bicyclic) bond motifs is 1. The summed E-state index contributed by atoms with van der Waals surface area (Å²) in [5.74, 6) is 0.885. The summed E-state index contributed by atoms with van der Waals surface area (Å²) in [5, 5.41) is 0. The Morgan fingerprint density at radius 1 is 1.14 bits per heavy atom. The molecule has 2 aromatic rings. The second kappa shape index (κ2) is 6.62. The molecule has 2 aromatic carbocycles. The quantitative estimate of drug-likeness (QED) is 0.943. The zero-order chi connectivity index (χ0) is 15.4. The minimum atomic E-state index is 0.133. The highest BCUT2D eigenvalue weighted by molar-refractivity contribution is 5.95. The average Bonchev–Trinajstić information content (AvgIpc) is 2.59. The maximum absolute atomic E-state index is 12.5. The molecule has 0 saturated carbocycles. The summed E-state index contributed by atoms with van der Waals surface area (Å²) in [4.78, 5) is 14.4. The SMILES string of the molecule is NCc1ccc2c(c1)OCCN2C(=O)CCc1ccccc1. The monoisotopic (exact) mass is 296 g/mol. The fourth-order valence-electron chi connectivity index (χ4n) is 2.68. The lowest BCUT2D eigenvalue weighted by Gasteiger charge is -2.30. The Bertz CT molecular complexity index is 655. The van der Waals surface area contributed by atoms with E-state index in [0.717, 1.165) is 23.4 Å². The van der Waals surface area contributed by atoms with Crippen LogP contribution >= 0.6 is 0 Å². The molecule has 22 heavy (non-hydrogen) atoms. The van der Waals surface area contributed by atoms with Gasteiger partial charge in [0, 0.05) is 13.0 Å². The van der Waals surface area contributed by atoms with Crippen molar-refractivity contribution in [3.8, 4) is 5.75 Å². The van der Waals surface area contributed by atoms with E-state index in [2.05, 4.69) is 0 Å². The highest BCUT2D eigenvalue weighted by atomic mass is 16.5. The molecule has 114 valence electrons. The molecular formula is C18H20N2O2. The van der Waals surface area contributed by atoms with E-state index in [1.54, 1.807) is 0 Å². The molecule has 1 amide bonds. The molecule has 2 N–H and O–H groups in total.